The minimum Gasteiger partial charge on any atom is -0.466 e. The number of carbonyl (C=O) groups excluding carboxylic acids is 1. The third-order valence-corrected chi connectivity index (χ3v) is 2.74. The molecular formula is C16H16O4. The number of benzene rings is 1. The second kappa shape index (κ2) is 6.73. The van der Waals surface area contributed by atoms with Crippen LogP contribution in [0, 0.1) is 0 Å². The highest BCUT2D eigenvalue weighted by molar-refractivity contribution is 5.94. The molecular weight excluding hydrogens is 256 g/mol. The van der Waals surface area contributed by atoms with Gasteiger partial charge in [0, 0.05) is 0 Å². The van der Waals surface area contributed by atoms with E-state index in [2.05, 4.69) is 0 Å². The monoisotopic (exact) mass is 272 g/mol. The van der Waals surface area contributed by atoms with E-state index in [1.165, 1.54) is 6.26 Å². The molecule has 0 amide bonds. The van der Waals surface area contributed by atoms with Crippen LogP contribution in [0.15, 0.2) is 58.7 Å². The van der Waals surface area contributed by atoms with E-state index in [0.717, 1.165) is 5.56 Å². The van der Waals surface area contributed by atoms with Gasteiger partial charge in [0.2, 0.25) is 0 Å². The predicted molar refractivity (Wildman–Crippen MR) is 74.7 cm³/mol. The Balaban J connectivity index is 2.34. The molecule has 20 heavy (non-hydrogen) atoms. The molecule has 2 aromatic rings. The number of furan rings is 1. The summed E-state index contributed by atoms with van der Waals surface area (Å²) in [6, 6.07) is 12.5. The molecule has 0 saturated carbocycles. The van der Waals surface area contributed by atoms with Crippen LogP contribution in [-0.4, -0.2) is 17.7 Å². The maximum atomic E-state index is 12.0. The van der Waals surface area contributed by atoms with Gasteiger partial charge in [-0.15, -0.1) is 0 Å². The summed E-state index contributed by atoms with van der Waals surface area (Å²) in [4.78, 5) is 12.0. The van der Waals surface area contributed by atoms with Crippen LogP contribution in [0.2, 0.25) is 0 Å². The minimum absolute atomic E-state index is 0.146. The van der Waals surface area contributed by atoms with E-state index in [-0.39, 0.29) is 12.2 Å². The van der Waals surface area contributed by atoms with E-state index >= 15 is 0 Å². The Kier molecular flexibility index (Phi) is 4.74. The summed E-state index contributed by atoms with van der Waals surface area (Å²) in [6.45, 7) is 1.97. The Bertz CT molecular complexity index is 570. The number of aliphatic hydroxyl groups excluding tert-OH is 1. The van der Waals surface area contributed by atoms with Gasteiger partial charge in [-0.05, 0) is 30.7 Å². The highest BCUT2D eigenvalue weighted by Crippen LogP contribution is 2.25. The summed E-state index contributed by atoms with van der Waals surface area (Å²) in [5, 5.41) is 10.3. The second-order valence-electron chi connectivity index (χ2n) is 4.15. The van der Waals surface area contributed by atoms with Crippen molar-refractivity contribution < 1.29 is 19.1 Å². The zero-order valence-electron chi connectivity index (χ0n) is 11.2. The Labute approximate surface area is 117 Å². The van der Waals surface area contributed by atoms with Crippen LogP contribution < -0.4 is 0 Å². The van der Waals surface area contributed by atoms with Crippen molar-refractivity contribution in [3.8, 4) is 0 Å². The van der Waals surface area contributed by atoms with Gasteiger partial charge in [-0.2, -0.15) is 0 Å². The Morgan fingerprint density at radius 1 is 1.30 bits per heavy atom. The third kappa shape index (κ3) is 3.36. The van der Waals surface area contributed by atoms with Crippen LogP contribution in [0.25, 0.3) is 6.08 Å². The highest BCUT2D eigenvalue weighted by atomic mass is 16.5. The zero-order chi connectivity index (χ0) is 14.4. The minimum atomic E-state index is -1.15. The largest absolute Gasteiger partial charge is 0.466 e. The molecule has 0 fully saturated rings. The van der Waals surface area contributed by atoms with Crippen molar-refractivity contribution >= 4 is 12.0 Å². The van der Waals surface area contributed by atoms with Gasteiger partial charge in [0.1, 0.15) is 11.9 Å². The molecule has 0 saturated heterocycles. The van der Waals surface area contributed by atoms with Gasteiger partial charge in [-0.3, -0.25) is 0 Å². The fraction of sp³-hybridized carbons (Fsp3) is 0.188. The summed E-state index contributed by atoms with van der Waals surface area (Å²) in [5.74, 6) is -0.250. The molecule has 0 spiro atoms. The van der Waals surface area contributed by atoms with Crippen LogP contribution in [-0.2, 0) is 9.53 Å². The van der Waals surface area contributed by atoms with Crippen molar-refractivity contribution in [1.82, 2.24) is 0 Å². The summed E-state index contributed by atoms with van der Waals surface area (Å²) < 4.78 is 10.1. The van der Waals surface area contributed by atoms with Crippen LogP contribution in [0.5, 0.6) is 0 Å². The maximum Gasteiger partial charge on any atom is 0.337 e. The number of ether oxygens (including phenoxy) is 1. The number of rotatable bonds is 5. The van der Waals surface area contributed by atoms with Crippen molar-refractivity contribution in [1.29, 1.82) is 0 Å². The lowest BCUT2D eigenvalue weighted by atomic mass is 10.0. The number of aliphatic hydroxyl groups is 1. The molecule has 4 nitrogen and oxygen atoms in total. The lowest BCUT2D eigenvalue weighted by Gasteiger charge is -2.12. The third-order valence-electron chi connectivity index (χ3n) is 2.74. The fourth-order valence-corrected chi connectivity index (χ4v) is 1.79. The molecule has 104 valence electrons. The summed E-state index contributed by atoms with van der Waals surface area (Å²) >= 11 is 0. The van der Waals surface area contributed by atoms with Gasteiger partial charge in [0.25, 0.3) is 0 Å². The maximum absolute atomic E-state index is 12.0. The first-order valence-electron chi connectivity index (χ1n) is 6.37. The Morgan fingerprint density at radius 2 is 2.05 bits per heavy atom. The van der Waals surface area contributed by atoms with Crippen LogP contribution in [0.4, 0.5) is 0 Å². The first-order chi connectivity index (χ1) is 9.72. The Morgan fingerprint density at radius 3 is 2.65 bits per heavy atom. The fourth-order valence-electron chi connectivity index (χ4n) is 1.79. The Hall–Kier alpha value is -2.33. The quantitative estimate of drug-likeness (QED) is 0.671. The molecule has 4 heteroatoms. The molecule has 1 N–H and O–H groups in total. The van der Waals surface area contributed by atoms with Crippen molar-refractivity contribution in [2.24, 2.45) is 0 Å². The van der Waals surface area contributed by atoms with E-state index in [0.29, 0.717) is 5.76 Å². The topological polar surface area (TPSA) is 59.7 Å². The molecule has 1 unspecified atom stereocenters. The van der Waals surface area contributed by atoms with E-state index in [4.69, 9.17) is 9.15 Å². The summed E-state index contributed by atoms with van der Waals surface area (Å²) in [5.41, 5.74) is 0.953. The molecule has 1 atom stereocenters. The lowest BCUT2D eigenvalue weighted by Crippen LogP contribution is -2.14. The zero-order valence-corrected chi connectivity index (χ0v) is 11.2. The van der Waals surface area contributed by atoms with Crippen molar-refractivity contribution in [2.75, 3.05) is 6.61 Å². The number of hydrogen-bond acceptors (Lipinski definition) is 4. The molecule has 1 aromatic heterocycles. The van der Waals surface area contributed by atoms with Gasteiger partial charge in [-0.25, -0.2) is 4.79 Å². The number of esters is 1. The molecule has 0 bridgehead atoms. The summed E-state index contributed by atoms with van der Waals surface area (Å²) in [6.07, 6.45) is 1.90. The SMILES string of the molecule is CCOC(=O)/C(=C\c1ccccc1)C(O)c1ccco1. The van der Waals surface area contributed by atoms with E-state index in [1.54, 1.807) is 25.1 Å². The normalized spacial score (nSPS) is 13.0. The molecule has 0 aliphatic carbocycles. The first-order valence-corrected chi connectivity index (χ1v) is 6.37. The molecule has 1 heterocycles. The van der Waals surface area contributed by atoms with E-state index in [1.807, 2.05) is 30.3 Å². The molecule has 0 aliphatic heterocycles. The highest BCUT2D eigenvalue weighted by Gasteiger charge is 2.23. The number of carbonyl (C=O) groups is 1. The van der Waals surface area contributed by atoms with Crippen molar-refractivity contribution in [3.05, 3.63) is 65.6 Å². The van der Waals surface area contributed by atoms with Crippen LogP contribution in [0.1, 0.15) is 24.4 Å². The molecule has 0 aliphatic rings. The standard InChI is InChI=1S/C16H16O4/c1-2-19-16(18)13(11-12-7-4-3-5-8-12)15(17)14-9-6-10-20-14/h3-11,15,17H,2H2,1H3/b13-11-. The lowest BCUT2D eigenvalue weighted by molar-refractivity contribution is -0.139. The van der Waals surface area contributed by atoms with E-state index in [9.17, 15) is 9.90 Å². The van der Waals surface area contributed by atoms with Gasteiger partial charge in [0.15, 0.2) is 0 Å². The van der Waals surface area contributed by atoms with Gasteiger partial charge in [-0.1, -0.05) is 30.3 Å². The summed E-state index contributed by atoms with van der Waals surface area (Å²) in [7, 11) is 0. The van der Waals surface area contributed by atoms with Crippen molar-refractivity contribution in [2.45, 2.75) is 13.0 Å². The molecule has 1 aromatic carbocycles. The average molecular weight is 272 g/mol. The smallest absolute Gasteiger partial charge is 0.337 e. The first kappa shape index (κ1) is 14.1. The number of hydrogen-bond donors (Lipinski definition) is 1. The van der Waals surface area contributed by atoms with Crippen LogP contribution in [0.3, 0.4) is 0 Å². The van der Waals surface area contributed by atoms with Gasteiger partial charge < -0.3 is 14.3 Å². The predicted octanol–water partition coefficient (Wildman–Crippen LogP) is 2.96. The average Bonchev–Trinajstić information content (AvgIpc) is 2.99. The van der Waals surface area contributed by atoms with Gasteiger partial charge in [0.05, 0.1) is 18.4 Å². The molecule has 0 radical (unpaired) electrons. The van der Waals surface area contributed by atoms with Crippen molar-refractivity contribution in [3.63, 3.8) is 0 Å². The van der Waals surface area contributed by atoms with E-state index < -0.39 is 12.1 Å². The van der Waals surface area contributed by atoms with Crippen LogP contribution >= 0.6 is 0 Å². The molecule has 2 rings (SSSR count). The second-order valence-corrected chi connectivity index (χ2v) is 4.15. The van der Waals surface area contributed by atoms with Gasteiger partial charge >= 0.3 is 5.97 Å².